The van der Waals surface area contributed by atoms with Crippen LogP contribution < -0.4 is 10.6 Å². The lowest BCUT2D eigenvalue weighted by atomic mass is 9.82. The molecule has 2 aromatic carbocycles. The van der Waals surface area contributed by atoms with Gasteiger partial charge in [-0.15, -0.1) is 0 Å². The molecule has 2 aliphatic rings. The number of hydrogen-bond acceptors (Lipinski definition) is 6. The highest BCUT2D eigenvalue weighted by Crippen LogP contribution is 2.43. The Morgan fingerprint density at radius 2 is 1.81 bits per heavy atom. The maximum atomic E-state index is 13.4. The Morgan fingerprint density at radius 1 is 1.11 bits per heavy atom. The SMILES string of the molecule is CC1=C(C(=O)OCc2ccccc2)[C@H](c2ccccc2Cl)C(C#N)=C(SCC(=O)NC2CCCCC2)N1. The zero-order valence-corrected chi connectivity index (χ0v) is 22.3. The number of amides is 1. The van der Waals surface area contributed by atoms with Gasteiger partial charge in [-0.1, -0.05) is 91.2 Å². The van der Waals surface area contributed by atoms with Crippen molar-refractivity contribution in [2.45, 2.75) is 57.6 Å². The van der Waals surface area contributed by atoms with Gasteiger partial charge in [-0.3, -0.25) is 4.79 Å². The summed E-state index contributed by atoms with van der Waals surface area (Å²) >= 11 is 7.82. The molecule has 2 N–H and O–H groups in total. The average Bonchev–Trinajstić information content (AvgIpc) is 2.91. The number of ether oxygens (including phenoxy) is 1. The van der Waals surface area contributed by atoms with E-state index in [4.69, 9.17) is 16.3 Å². The highest BCUT2D eigenvalue weighted by atomic mass is 35.5. The van der Waals surface area contributed by atoms with Gasteiger partial charge in [0, 0.05) is 16.8 Å². The van der Waals surface area contributed by atoms with Crippen LogP contribution in [0.5, 0.6) is 0 Å². The van der Waals surface area contributed by atoms with Crippen molar-refractivity contribution in [2.75, 3.05) is 5.75 Å². The van der Waals surface area contributed by atoms with Crippen molar-refractivity contribution in [3.05, 3.63) is 92.6 Å². The molecule has 1 aliphatic heterocycles. The first-order valence-electron chi connectivity index (χ1n) is 12.5. The van der Waals surface area contributed by atoms with Gasteiger partial charge in [0.25, 0.3) is 0 Å². The molecule has 4 rings (SSSR count). The van der Waals surface area contributed by atoms with Crippen molar-refractivity contribution >= 4 is 35.2 Å². The zero-order chi connectivity index (χ0) is 26.2. The fraction of sp³-hybridized carbons (Fsp3) is 0.345. The number of hydrogen-bond donors (Lipinski definition) is 2. The first-order valence-corrected chi connectivity index (χ1v) is 13.8. The summed E-state index contributed by atoms with van der Waals surface area (Å²) in [6.45, 7) is 1.89. The van der Waals surface area contributed by atoms with Crippen LogP contribution in [0.15, 0.2) is 76.5 Å². The lowest BCUT2D eigenvalue weighted by Gasteiger charge is -2.30. The minimum absolute atomic E-state index is 0.0625. The van der Waals surface area contributed by atoms with Crippen LogP contribution in [-0.2, 0) is 20.9 Å². The van der Waals surface area contributed by atoms with E-state index in [1.54, 1.807) is 19.1 Å². The molecule has 1 fully saturated rings. The molecule has 1 aliphatic carbocycles. The number of carbonyl (C=O) groups excluding carboxylic acids is 2. The van der Waals surface area contributed by atoms with Crippen LogP contribution in [0.4, 0.5) is 0 Å². The highest BCUT2D eigenvalue weighted by molar-refractivity contribution is 8.03. The molecule has 192 valence electrons. The molecule has 6 nitrogen and oxygen atoms in total. The summed E-state index contributed by atoms with van der Waals surface area (Å²) in [6.07, 6.45) is 5.50. The van der Waals surface area contributed by atoms with Gasteiger partial charge >= 0.3 is 5.97 Å². The molecule has 2 aromatic rings. The van der Waals surface area contributed by atoms with Gasteiger partial charge in [0.15, 0.2) is 0 Å². The Labute approximate surface area is 227 Å². The number of thioether (sulfide) groups is 1. The second-order valence-corrected chi connectivity index (χ2v) is 10.6. The molecule has 1 amide bonds. The van der Waals surface area contributed by atoms with E-state index in [-0.39, 0.29) is 24.3 Å². The quantitative estimate of drug-likeness (QED) is 0.405. The van der Waals surface area contributed by atoms with E-state index in [2.05, 4.69) is 16.7 Å². The maximum absolute atomic E-state index is 13.4. The third-order valence-electron chi connectivity index (χ3n) is 6.61. The third-order valence-corrected chi connectivity index (χ3v) is 7.98. The van der Waals surface area contributed by atoms with Gasteiger partial charge < -0.3 is 15.4 Å². The van der Waals surface area contributed by atoms with E-state index in [0.717, 1.165) is 31.2 Å². The Bertz CT molecular complexity index is 1250. The van der Waals surface area contributed by atoms with E-state index in [1.807, 2.05) is 42.5 Å². The molecule has 1 atom stereocenters. The zero-order valence-electron chi connectivity index (χ0n) is 20.8. The summed E-state index contributed by atoms with van der Waals surface area (Å²) in [5.41, 5.74) is 2.73. The van der Waals surface area contributed by atoms with Crippen LogP contribution in [-0.4, -0.2) is 23.7 Å². The van der Waals surface area contributed by atoms with Crippen molar-refractivity contribution in [3.63, 3.8) is 0 Å². The topological polar surface area (TPSA) is 91.2 Å². The van der Waals surface area contributed by atoms with Crippen molar-refractivity contribution in [3.8, 4) is 6.07 Å². The van der Waals surface area contributed by atoms with Crippen LogP contribution in [0.1, 0.15) is 56.1 Å². The van der Waals surface area contributed by atoms with E-state index in [9.17, 15) is 14.9 Å². The van der Waals surface area contributed by atoms with Crippen molar-refractivity contribution in [1.29, 1.82) is 5.26 Å². The minimum atomic E-state index is -0.716. The van der Waals surface area contributed by atoms with E-state index >= 15 is 0 Å². The first-order chi connectivity index (χ1) is 18.0. The lowest BCUT2D eigenvalue weighted by Crippen LogP contribution is -2.37. The normalized spacial score (nSPS) is 18.1. The Morgan fingerprint density at radius 3 is 2.51 bits per heavy atom. The van der Waals surface area contributed by atoms with Crippen LogP contribution in [0.25, 0.3) is 0 Å². The molecule has 0 spiro atoms. The summed E-state index contributed by atoms with van der Waals surface area (Å²) in [5.74, 6) is -1.13. The minimum Gasteiger partial charge on any atom is -0.457 e. The molecule has 0 radical (unpaired) electrons. The number of rotatable bonds is 8. The molecular formula is C29H30ClN3O3S. The summed E-state index contributed by atoms with van der Waals surface area (Å²) in [5, 5.41) is 17.5. The Kier molecular flexibility index (Phi) is 9.32. The predicted molar refractivity (Wildman–Crippen MR) is 146 cm³/mol. The fourth-order valence-electron chi connectivity index (χ4n) is 4.77. The van der Waals surface area contributed by atoms with Crippen LogP contribution in [0, 0.1) is 11.3 Å². The molecule has 37 heavy (non-hydrogen) atoms. The Hall–Kier alpha value is -3.21. The predicted octanol–water partition coefficient (Wildman–Crippen LogP) is 5.96. The molecule has 8 heteroatoms. The van der Waals surface area contributed by atoms with E-state index < -0.39 is 11.9 Å². The first kappa shape index (κ1) is 26.8. The number of nitrogens with one attached hydrogen (secondary N) is 2. The van der Waals surface area contributed by atoms with Gasteiger partial charge in [-0.05, 0) is 37.0 Å². The molecule has 0 bridgehead atoms. The molecule has 0 aromatic heterocycles. The number of halogens is 1. The van der Waals surface area contributed by atoms with Crippen molar-refractivity contribution in [2.24, 2.45) is 0 Å². The van der Waals surface area contributed by atoms with Gasteiger partial charge in [0.05, 0.1) is 33.9 Å². The van der Waals surface area contributed by atoms with Gasteiger partial charge in [-0.25, -0.2) is 4.79 Å². The summed E-state index contributed by atoms with van der Waals surface area (Å²) in [7, 11) is 0. The number of nitrogens with zero attached hydrogens (tertiary/aromatic N) is 1. The molecule has 0 unspecified atom stereocenters. The second-order valence-electron chi connectivity index (χ2n) is 9.23. The molecule has 1 saturated carbocycles. The van der Waals surface area contributed by atoms with Gasteiger partial charge in [-0.2, -0.15) is 5.26 Å². The second kappa shape index (κ2) is 12.8. The monoisotopic (exact) mass is 535 g/mol. The summed E-state index contributed by atoms with van der Waals surface area (Å²) in [4.78, 5) is 26.0. The number of benzene rings is 2. The summed E-state index contributed by atoms with van der Waals surface area (Å²) in [6, 6.07) is 19.1. The van der Waals surface area contributed by atoms with Gasteiger partial charge in [0.2, 0.25) is 5.91 Å². The fourth-order valence-corrected chi connectivity index (χ4v) is 5.92. The molecule has 0 saturated heterocycles. The number of carbonyl (C=O) groups is 2. The largest absolute Gasteiger partial charge is 0.457 e. The Balaban J connectivity index is 1.58. The van der Waals surface area contributed by atoms with Crippen LogP contribution in [0.3, 0.4) is 0 Å². The molecular weight excluding hydrogens is 506 g/mol. The lowest BCUT2D eigenvalue weighted by molar-refractivity contribution is -0.140. The smallest absolute Gasteiger partial charge is 0.337 e. The number of esters is 1. The average molecular weight is 536 g/mol. The number of nitriles is 1. The van der Waals surface area contributed by atoms with Gasteiger partial charge in [0.1, 0.15) is 6.61 Å². The number of dihydropyridines is 1. The van der Waals surface area contributed by atoms with Crippen molar-refractivity contribution < 1.29 is 14.3 Å². The highest BCUT2D eigenvalue weighted by Gasteiger charge is 2.36. The third kappa shape index (κ3) is 6.76. The van der Waals surface area contributed by atoms with Crippen LogP contribution >= 0.6 is 23.4 Å². The standard InChI is InChI=1S/C29H30ClN3O3S/c1-19-26(29(35)36-17-20-10-4-2-5-11-20)27(22-14-8-9-15-24(22)30)23(16-31)28(32-19)37-18-25(34)33-21-12-6-3-7-13-21/h2,4-5,8-11,14-15,21,27,32H,3,6-7,12-13,17-18H2,1H3,(H,33,34)/t27-/m1/s1. The number of allylic oxidation sites excluding steroid dienone is 2. The maximum Gasteiger partial charge on any atom is 0.337 e. The molecule has 1 heterocycles. The van der Waals surface area contributed by atoms with E-state index in [1.165, 1.54) is 18.2 Å². The van der Waals surface area contributed by atoms with Crippen molar-refractivity contribution in [1.82, 2.24) is 10.6 Å². The van der Waals surface area contributed by atoms with Crippen LogP contribution in [0.2, 0.25) is 5.02 Å². The summed E-state index contributed by atoms with van der Waals surface area (Å²) < 4.78 is 5.66. The van der Waals surface area contributed by atoms with E-state index in [0.29, 0.717) is 32.5 Å².